The van der Waals surface area contributed by atoms with Crippen LogP contribution < -0.4 is 0 Å². The smallest absolute Gasteiger partial charge is 0.270 e. The van der Waals surface area contributed by atoms with Crippen LogP contribution in [0.1, 0.15) is 17.4 Å². The van der Waals surface area contributed by atoms with E-state index in [0.29, 0.717) is 16.7 Å². The number of hydrogen-bond donors (Lipinski definition) is 0. The summed E-state index contributed by atoms with van der Waals surface area (Å²) >= 11 is 0. The van der Waals surface area contributed by atoms with Crippen LogP contribution in [0.5, 0.6) is 0 Å². The molecule has 8 nitrogen and oxygen atoms in total. The Bertz CT molecular complexity index is 995. The van der Waals surface area contributed by atoms with Crippen molar-refractivity contribution in [2.45, 2.75) is 6.04 Å². The second kappa shape index (κ2) is 5.58. The summed E-state index contributed by atoms with van der Waals surface area (Å²) in [6.45, 7) is 0. The molecule has 118 valence electrons. The number of non-ortho nitro benzene ring substituents is 1. The molecular formula is C16H11N5O3. The van der Waals surface area contributed by atoms with E-state index < -0.39 is 4.92 Å². The third-order valence-corrected chi connectivity index (χ3v) is 3.74. The van der Waals surface area contributed by atoms with E-state index in [2.05, 4.69) is 15.5 Å². The number of rotatable bonds is 4. The average Bonchev–Trinajstić information content (AvgIpc) is 3.25. The zero-order valence-electron chi connectivity index (χ0n) is 12.3. The van der Waals surface area contributed by atoms with Crippen LogP contribution in [0.2, 0.25) is 0 Å². The number of aromatic nitrogens is 4. The summed E-state index contributed by atoms with van der Waals surface area (Å²) < 4.78 is 7.49. The van der Waals surface area contributed by atoms with Crippen molar-refractivity contribution < 1.29 is 9.34 Å². The van der Waals surface area contributed by atoms with Gasteiger partial charge in [0.2, 0.25) is 0 Å². The van der Waals surface area contributed by atoms with E-state index in [1.807, 2.05) is 30.3 Å². The summed E-state index contributed by atoms with van der Waals surface area (Å²) in [5.41, 5.74) is 1.54. The molecule has 0 N–H and O–H groups in total. The molecular weight excluding hydrogens is 310 g/mol. The average molecular weight is 321 g/mol. The summed E-state index contributed by atoms with van der Waals surface area (Å²) in [5, 5.41) is 22.9. The fraction of sp³-hybridized carbons (Fsp3) is 0.0625. The van der Waals surface area contributed by atoms with Gasteiger partial charge in [0.1, 0.15) is 23.7 Å². The fourth-order valence-electron chi connectivity index (χ4n) is 2.67. The standard InChI is InChI=1S/C16H11N5O3/c22-21(23)13-6-7-14-12(8-13)9-15(24-14)16(20-10-17-18-19-20)11-4-2-1-3-5-11/h1-10,16H/t16-/m1/s1. The molecule has 1 atom stereocenters. The molecule has 0 saturated carbocycles. The third kappa shape index (κ3) is 2.39. The monoisotopic (exact) mass is 321 g/mol. The second-order valence-electron chi connectivity index (χ2n) is 5.23. The van der Waals surface area contributed by atoms with E-state index in [1.165, 1.54) is 18.5 Å². The minimum Gasteiger partial charge on any atom is -0.458 e. The molecule has 24 heavy (non-hydrogen) atoms. The van der Waals surface area contributed by atoms with Crippen molar-refractivity contribution in [1.82, 2.24) is 20.2 Å². The molecule has 4 aromatic rings. The highest BCUT2D eigenvalue weighted by molar-refractivity contribution is 5.80. The second-order valence-corrected chi connectivity index (χ2v) is 5.23. The largest absolute Gasteiger partial charge is 0.458 e. The Morgan fingerprint density at radius 1 is 1.12 bits per heavy atom. The van der Waals surface area contributed by atoms with Crippen LogP contribution in [0, 0.1) is 10.1 Å². The van der Waals surface area contributed by atoms with Gasteiger partial charge in [0, 0.05) is 17.5 Å². The van der Waals surface area contributed by atoms with Crippen LogP contribution in [-0.4, -0.2) is 25.1 Å². The first-order chi connectivity index (χ1) is 11.7. The minimum absolute atomic E-state index is 0.0218. The van der Waals surface area contributed by atoms with E-state index in [1.54, 1.807) is 16.8 Å². The van der Waals surface area contributed by atoms with E-state index in [-0.39, 0.29) is 11.7 Å². The van der Waals surface area contributed by atoms with Gasteiger partial charge < -0.3 is 4.42 Å². The van der Waals surface area contributed by atoms with Crippen molar-refractivity contribution in [1.29, 1.82) is 0 Å². The highest BCUT2D eigenvalue weighted by atomic mass is 16.6. The Morgan fingerprint density at radius 3 is 2.67 bits per heavy atom. The molecule has 4 rings (SSSR count). The van der Waals surface area contributed by atoms with E-state index >= 15 is 0 Å². The quantitative estimate of drug-likeness (QED) is 0.423. The first kappa shape index (κ1) is 14.1. The molecule has 8 heteroatoms. The number of tetrazole rings is 1. The molecule has 0 radical (unpaired) electrons. The predicted octanol–water partition coefficient (Wildman–Crippen LogP) is 2.97. The Kier molecular flexibility index (Phi) is 3.27. The molecule has 0 fully saturated rings. The molecule has 0 saturated heterocycles. The lowest BCUT2D eigenvalue weighted by Gasteiger charge is -2.13. The van der Waals surface area contributed by atoms with Crippen molar-refractivity contribution in [2.75, 3.05) is 0 Å². The van der Waals surface area contributed by atoms with E-state index in [9.17, 15) is 10.1 Å². The first-order valence-corrected chi connectivity index (χ1v) is 7.18. The lowest BCUT2D eigenvalue weighted by molar-refractivity contribution is -0.384. The lowest BCUT2D eigenvalue weighted by atomic mass is 10.0. The molecule has 2 heterocycles. The molecule has 0 amide bonds. The fourth-order valence-corrected chi connectivity index (χ4v) is 2.67. The molecule has 0 aliphatic heterocycles. The van der Waals surface area contributed by atoms with E-state index in [0.717, 1.165) is 5.56 Å². The van der Waals surface area contributed by atoms with Crippen LogP contribution in [0.15, 0.2) is 65.3 Å². The van der Waals surface area contributed by atoms with Gasteiger partial charge in [-0.15, -0.1) is 5.10 Å². The van der Waals surface area contributed by atoms with Gasteiger partial charge in [-0.1, -0.05) is 30.3 Å². The Morgan fingerprint density at radius 2 is 1.96 bits per heavy atom. The van der Waals surface area contributed by atoms with Gasteiger partial charge in [-0.05, 0) is 28.1 Å². The molecule has 2 aromatic carbocycles. The Balaban J connectivity index is 1.87. The molecule has 2 aromatic heterocycles. The zero-order valence-corrected chi connectivity index (χ0v) is 12.3. The summed E-state index contributed by atoms with van der Waals surface area (Å²) in [5.74, 6) is 0.601. The first-order valence-electron chi connectivity index (χ1n) is 7.18. The van der Waals surface area contributed by atoms with Gasteiger partial charge in [0.05, 0.1) is 4.92 Å². The van der Waals surface area contributed by atoms with Crippen LogP contribution >= 0.6 is 0 Å². The molecule has 0 aliphatic carbocycles. The van der Waals surface area contributed by atoms with Crippen molar-refractivity contribution >= 4 is 16.7 Å². The maximum atomic E-state index is 10.9. The summed E-state index contributed by atoms with van der Waals surface area (Å²) in [4.78, 5) is 10.5. The van der Waals surface area contributed by atoms with Crippen molar-refractivity contribution in [3.05, 3.63) is 82.4 Å². The number of nitrogens with zero attached hydrogens (tertiary/aromatic N) is 5. The maximum Gasteiger partial charge on any atom is 0.270 e. The van der Waals surface area contributed by atoms with E-state index in [4.69, 9.17) is 4.42 Å². The van der Waals surface area contributed by atoms with Gasteiger partial charge >= 0.3 is 0 Å². The topological polar surface area (TPSA) is 99.9 Å². The molecule has 0 spiro atoms. The highest BCUT2D eigenvalue weighted by Crippen LogP contribution is 2.32. The SMILES string of the molecule is O=[N+]([O-])c1ccc2oc([C@@H](c3ccccc3)n3cnnn3)cc2c1. The number of nitro groups is 1. The Hall–Kier alpha value is -3.55. The molecule has 0 aliphatic rings. The molecule has 0 unspecified atom stereocenters. The summed E-state index contributed by atoms with van der Waals surface area (Å²) in [6, 6.07) is 15.6. The number of furan rings is 1. The van der Waals surface area contributed by atoms with Gasteiger partial charge in [-0.25, -0.2) is 4.68 Å². The Labute approximate surface area is 135 Å². The van der Waals surface area contributed by atoms with Gasteiger partial charge in [0.15, 0.2) is 0 Å². The lowest BCUT2D eigenvalue weighted by Crippen LogP contribution is -2.12. The number of nitro benzene ring substituents is 1. The van der Waals surface area contributed by atoms with Crippen molar-refractivity contribution in [2.24, 2.45) is 0 Å². The minimum atomic E-state index is -0.428. The number of hydrogen-bond acceptors (Lipinski definition) is 6. The summed E-state index contributed by atoms with van der Waals surface area (Å²) in [7, 11) is 0. The van der Waals surface area contributed by atoms with Crippen molar-refractivity contribution in [3.8, 4) is 0 Å². The number of benzene rings is 2. The normalized spacial score (nSPS) is 12.3. The maximum absolute atomic E-state index is 10.9. The van der Waals surface area contributed by atoms with Gasteiger partial charge in [-0.2, -0.15) is 0 Å². The van der Waals surface area contributed by atoms with Gasteiger partial charge in [-0.3, -0.25) is 10.1 Å². The highest BCUT2D eigenvalue weighted by Gasteiger charge is 2.22. The molecule has 0 bridgehead atoms. The number of fused-ring (bicyclic) bond motifs is 1. The van der Waals surface area contributed by atoms with Gasteiger partial charge in [0.25, 0.3) is 5.69 Å². The van der Waals surface area contributed by atoms with Crippen LogP contribution in [0.3, 0.4) is 0 Å². The van der Waals surface area contributed by atoms with Crippen LogP contribution in [0.4, 0.5) is 5.69 Å². The van der Waals surface area contributed by atoms with Crippen LogP contribution in [-0.2, 0) is 0 Å². The predicted molar refractivity (Wildman–Crippen MR) is 84.4 cm³/mol. The zero-order chi connectivity index (χ0) is 16.5. The van der Waals surface area contributed by atoms with Crippen molar-refractivity contribution in [3.63, 3.8) is 0 Å². The summed E-state index contributed by atoms with van der Waals surface area (Å²) in [6.07, 6.45) is 1.51. The third-order valence-electron chi connectivity index (χ3n) is 3.74. The van der Waals surface area contributed by atoms with Crippen LogP contribution in [0.25, 0.3) is 11.0 Å².